The summed E-state index contributed by atoms with van der Waals surface area (Å²) in [4.78, 5) is 24.1. The second-order valence-electron chi connectivity index (χ2n) is 8.92. The Morgan fingerprint density at radius 3 is 2.61 bits per heavy atom. The van der Waals surface area contributed by atoms with E-state index < -0.39 is 5.91 Å². The Hall–Kier alpha value is -4.01. The van der Waals surface area contributed by atoms with Gasteiger partial charge in [-0.1, -0.05) is 24.3 Å². The first kappa shape index (κ1) is 23.7. The van der Waals surface area contributed by atoms with Gasteiger partial charge < -0.3 is 26.7 Å². The number of hydrogen-bond donors (Lipinski definition) is 5. The average molecular weight is 482 g/mol. The number of nitrogens with one attached hydrogen (secondary N) is 4. The molecule has 36 heavy (non-hydrogen) atoms. The van der Waals surface area contributed by atoms with Crippen molar-refractivity contribution in [1.82, 2.24) is 25.6 Å². The predicted molar refractivity (Wildman–Crippen MR) is 146 cm³/mol. The van der Waals surface area contributed by atoms with Gasteiger partial charge in [0, 0.05) is 65.0 Å². The van der Waals surface area contributed by atoms with Crippen molar-refractivity contribution >= 4 is 44.3 Å². The van der Waals surface area contributed by atoms with Crippen LogP contribution in [-0.4, -0.2) is 47.0 Å². The summed E-state index contributed by atoms with van der Waals surface area (Å²) in [7, 11) is 0. The van der Waals surface area contributed by atoms with Crippen LogP contribution in [0.5, 0.6) is 0 Å². The minimum Gasteiger partial charge on any atom is -0.368 e. The molecule has 6 N–H and O–H groups in total. The first-order chi connectivity index (χ1) is 17.7. The third-order valence-electron chi connectivity index (χ3n) is 6.33. The molecule has 0 atom stereocenters. The number of nitrogens with two attached hydrogens (primary N) is 1. The molecule has 0 aliphatic heterocycles. The van der Waals surface area contributed by atoms with E-state index in [1.807, 2.05) is 18.3 Å². The number of aromatic amines is 1. The van der Waals surface area contributed by atoms with Crippen LogP contribution in [0.15, 0.2) is 67.0 Å². The van der Waals surface area contributed by atoms with Crippen molar-refractivity contribution in [3.05, 3.63) is 78.2 Å². The molecule has 0 saturated carbocycles. The Labute approximate surface area is 209 Å². The zero-order chi connectivity index (χ0) is 24.7. The smallest absolute Gasteiger partial charge is 0.248 e. The van der Waals surface area contributed by atoms with Crippen molar-refractivity contribution in [2.75, 3.05) is 31.5 Å². The molecule has 0 radical (unpaired) electrons. The molecule has 0 aliphatic rings. The molecule has 5 aromatic rings. The zero-order valence-electron chi connectivity index (χ0n) is 20.2. The molecule has 2 aromatic carbocycles. The summed E-state index contributed by atoms with van der Waals surface area (Å²) in [5, 5.41) is 14.6. The van der Waals surface area contributed by atoms with Gasteiger partial charge in [-0.05, 0) is 61.6 Å². The lowest BCUT2D eigenvalue weighted by atomic mass is 10.1. The van der Waals surface area contributed by atoms with Crippen molar-refractivity contribution in [1.29, 1.82) is 0 Å². The lowest BCUT2D eigenvalue weighted by molar-refractivity contribution is 0.100. The number of carbonyl (C=O) groups excluding carboxylic acids is 1. The van der Waals surface area contributed by atoms with E-state index in [2.05, 4.69) is 56.3 Å². The summed E-state index contributed by atoms with van der Waals surface area (Å²) in [6, 6.07) is 17.9. The van der Waals surface area contributed by atoms with Crippen LogP contribution >= 0.6 is 0 Å². The summed E-state index contributed by atoms with van der Waals surface area (Å²) >= 11 is 0. The Morgan fingerprint density at radius 2 is 1.75 bits per heavy atom. The fourth-order valence-corrected chi connectivity index (χ4v) is 4.48. The number of rotatable bonds is 12. The van der Waals surface area contributed by atoms with Crippen LogP contribution in [0.4, 0.5) is 5.82 Å². The number of fused-ring (bicyclic) bond motifs is 4. The van der Waals surface area contributed by atoms with E-state index in [4.69, 9.17) is 10.7 Å². The van der Waals surface area contributed by atoms with Crippen molar-refractivity contribution in [3.8, 4) is 0 Å². The Morgan fingerprint density at radius 1 is 0.889 bits per heavy atom. The minimum atomic E-state index is -0.461. The van der Waals surface area contributed by atoms with Gasteiger partial charge in [0.15, 0.2) is 0 Å². The fourth-order valence-electron chi connectivity index (χ4n) is 4.48. The maximum absolute atomic E-state index is 11.6. The van der Waals surface area contributed by atoms with E-state index >= 15 is 0 Å². The highest BCUT2D eigenvalue weighted by atomic mass is 16.1. The van der Waals surface area contributed by atoms with E-state index in [0.29, 0.717) is 5.56 Å². The predicted octanol–water partition coefficient (Wildman–Crippen LogP) is 3.93. The molecule has 0 bridgehead atoms. The van der Waals surface area contributed by atoms with Crippen molar-refractivity contribution in [3.63, 3.8) is 0 Å². The molecule has 8 heteroatoms. The molecular formula is C28H31N7O. The second kappa shape index (κ2) is 11.2. The molecule has 3 aromatic heterocycles. The van der Waals surface area contributed by atoms with Gasteiger partial charge in [0.25, 0.3) is 0 Å². The molecule has 0 aliphatic carbocycles. The minimum absolute atomic E-state index is 0.446. The molecule has 1 amide bonds. The monoisotopic (exact) mass is 481 g/mol. The topological polar surface area (TPSA) is 121 Å². The summed E-state index contributed by atoms with van der Waals surface area (Å²) in [6.07, 6.45) is 5.83. The van der Waals surface area contributed by atoms with Crippen molar-refractivity contribution in [2.45, 2.75) is 19.4 Å². The lowest BCUT2D eigenvalue weighted by Gasteiger charge is -2.12. The SMILES string of the molecule is NC(=O)c1ccc2c(c1)nc(NCCNCCCCNCc1cc3ccccc3[nH]1)c1ccncc12. The molecule has 0 fully saturated rings. The number of unbranched alkanes of at least 4 members (excludes halogenated alkanes) is 1. The van der Waals surface area contributed by atoms with Gasteiger partial charge in [-0.3, -0.25) is 9.78 Å². The van der Waals surface area contributed by atoms with E-state index in [-0.39, 0.29) is 0 Å². The maximum Gasteiger partial charge on any atom is 0.248 e. The number of carbonyl (C=O) groups is 1. The Balaban J connectivity index is 1.05. The van der Waals surface area contributed by atoms with Crippen LogP contribution in [-0.2, 0) is 6.54 Å². The average Bonchev–Trinajstić information content (AvgIpc) is 3.32. The summed E-state index contributed by atoms with van der Waals surface area (Å²) in [5.41, 5.74) is 9.03. The summed E-state index contributed by atoms with van der Waals surface area (Å²) in [5.74, 6) is 0.321. The fraction of sp³-hybridized carbons (Fsp3) is 0.250. The first-order valence-electron chi connectivity index (χ1n) is 12.4. The van der Waals surface area contributed by atoms with Crippen LogP contribution in [0.25, 0.3) is 32.6 Å². The zero-order valence-corrected chi connectivity index (χ0v) is 20.2. The molecule has 5 rings (SSSR count). The van der Waals surface area contributed by atoms with Crippen LogP contribution in [0.2, 0.25) is 0 Å². The van der Waals surface area contributed by atoms with Gasteiger partial charge in [-0.25, -0.2) is 4.98 Å². The number of anilines is 1. The Bertz CT molecular complexity index is 1460. The first-order valence-corrected chi connectivity index (χ1v) is 12.4. The number of benzene rings is 2. The largest absolute Gasteiger partial charge is 0.368 e. The maximum atomic E-state index is 11.6. The van der Waals surface area contributed by atoms with Crippen molar-refractivity contribution in [2.24, 2.45) is 5.73 Å². The number of amides is 1. The quantitative estimate of drug-likeness (QED) is 0.136. The standard InChI is InChI=1S/C28H31N7O/c29-27(36)20-7-8-22-24-18-32-12-9-23(24)28(35-26(22)16-20)33-14-13-30-10-3-4-11-31-17-21-15-19-5-1-2-6-25(19)34-21/h1-2,5-9,12,15-16,18,30-31,34H,3-4,10-11,13-14,17H2,(H2,29,36)(H,33,35). The number of nitrogens with zero attached hydrogens (tertiary/aromatic N) is 2. The van der Waals surface area contributed by atoms with E-state index in [0.717, 1.165) is 73.1 Å². The number of H-pyrrole nitrogens is 1. The summed E-state index contributed by atoms with van der Waals surface area (Å²) in [6.45, 7) is 4.38. The van der Waals surface area contributed by atoms with Gasteiger partial charge in [0.1, 0.15) is 5.82 Å². The number of pyridine rings is 2. The van der Waals surface area contributed by atoms with Gasteiger partial charge in [0.05, 0.1) is 5.52 Å². The van der Waals surface area contributed by atoms with Gasteiger partial charge in [-0.2, -0.15) is 0 Å². The highest BCUT2D eigenvalue weighted by Gasteiger charge is 2.10. The van der Waals surface area contributed by atoms with Crippen LogP contribution in [0, 0.1) is 0 Å². The van der Waals surface area contributed by atoms with E-state index in [1.54, 1.807) is 18.3 Å². The van der Waals surface area contributed by atoms with Gasteiger partial charge in [0.2, 0.25) is 5.91 Å². The molecule has 0 saturated heterocycles. The lowest BCUT2D eigenvalue weighted by Crippen LogP contribution is -2.24. The summed E-state index contributed by atoms with van der Waals surface area (Å²) < 4.78 is 0. The normalized spacial score (nSPS) is 11.4. The van der Waals surface area contributed by atoms with Crippen LogP contribution in [0.3, 0.4) is 0 Å². The van der Waals surface area contributed by atoms with Crippen LogP contribution < -0.4 is 21.7 Å². The molecule has 0 unspecified atom stereocenters. The second-order valence-corrected chi connectivity index (χ2v) is 8.92. The molecule has 8 nitrogen and oxygen atoms in total. The number of aromatic nitrogens is 3. The number of primary amides is 1. The number of hydrogen-bond acceptors (Lipinski definition) is 6. The van der Waals surface area contributed by atoms with Crippen LogP contribution in [0.1, 0.15) is 28.9 Å². The molecule has 3 heterocycles. The highest BCUT2D eigenvalue weighted by molar-refractivity contribution is 6.11. The highest BCUT2D eigenvalue weighted by Crippen LogP contribution is 2.29. The van der Waals surface area contributed by atoms with E-state index in [9.17, 15) is 4.79 Å². The van der Waals surface area contributed by atoms with Gasteiger partial charge >= 0.3 is 0 Å². The number of para-hydroxylation sites is 1. The third kappa shape index (κ3) is 5.45. The molecule has 0 spiro atoms. The van der Waals surface area contributed by atoms with Crippen molar-refractivity contribution < 1.29 is 4.79 Å². The Kier molecular flexibility index (Phi) is 7.35. The van der Waals surface area contributed by atoms with E-state index in [1.165, 1.54) is 16.6 Å². The van der Waals surface area contributed by atoms with Gasteiger partial charge in [-0.15, -0.1) is 0 Å². The molecule has 184 valence electrons. The third-order valence-corrected chi connectivity index (χ3v) is 6.33. The molecular weight excluding hydrogens is 450 g/mol.